The zero-order valence-corrected chi connectivity index (χ0v) is 13.6. The van der Waals surface area contributed by atoms with Crippen LogP contribution in [0.1, 0.15) is 38.5 Å². The van der Waals surface area contributed by atoms with Crippen LogP contribution < -0.4 is 0 Å². The molecule has 1 heterocycles. The molecule has 0 bridgehead atoms. The quantitative estimate of drug-likeness (QED) is 0.711. The molecule has 2 aliphatic rings. The van der Waals surface area contributed by atoms with Crippen molar-refractivity contribution in [2.75, 3.05) is 29.9 Å². The maximum absolute atomic E-state index is 12.2. The van der Waals surface area contributed by atoms with Crippen molar-refractivity contribution in [3.63, 3.8) is 0 Å². The van der Waals surface area contributed by atoms with Crippen molar-refractivity contribution < 1.29 is 13.2 Å². The number of piperidine rings is 1. The Morgan fingerprint density at radius 3 is 2.21 bits per heavy atom. The lowest BCUT2D eigenvalue weighted by Gasteiger charge is -2.40. The summed E-state index contributed by atoms with van der Waals surface area (Å²) in [4.78, 5) is 13.7. The molecule has 1 saturated heterocycles. The summed E-state index contributed by atoms with van der Waals surface area (Å²) in [6, 6.07) is 0. The third-order valence-corrected chi connectivity index (χ3v) is 7.20. The summed E-state index contributed by atoms with van der Waals surface area (Å²) in [5.41, 5.74) is -0.110. The molecule has 1 saturated carbocycles. The average Bonchev–Trinajstić information content (AvgIpc) is 2.34. The minimum Gasteiger partial charge on any atom is -0.342 e. The Hall–Kier alpha value is -0.100. The maximum Gasteiger partial charge on any atom is 0.237 e. The molecule has 1 aliphatic carbocycles. The summed E-state index contributed by atoms with van der Waals surface area (Å²) in [6.07, 6.45) is 6.14. The molecular weight excluding hydrogens is 330 g/mol. The van der Waals surface area contributed by atoms with E-state index < -0.39 is 9.84 Å². The van der Waals surface area contributed by atoms with Crippen molar-refractivity contribution in [3.05, 3.63) is 0 Å². The summed E-state index contributed by atoms with van der Waals surface area (Å²) in [5.74, 6) is -0.351. The fraction of sp³-hybridized carbons (Fsp3) is 0.923. The number of halogens is 1. The highest BCUT2D eigenvalue weighted by Crippen LogP contribution is 2.43. The van der Waals surface area contributed by atoms with Gasteiger partial charge in [-0.05, 0) is 37.5 Å². The molecular formula is C13H22BrNO3S. The van der Waals surface area contributed by atoms with Gasteiger partial charge in [0.25, 0.3) is 0 Å². The minimum atomic E-state index is -3.28. The SMILES string of the molecule is O=C(CS(=O)(=O)CC1(CBr)CCC1)N1CCCCC1. The van der Waals surface area contributed by atoms with Crippen molar-refractivity contribution in [1.29, 1.82) is 0 Å². The van der Waals surface area contributed by atoms with Gasteiger partial charge < -0.3 is 4.90 Å². The van der Waals surface area contributed by atoms with Gasteiger partial charge in [-0.2, -0.15) is 0 Å². The standard InChI is InChI=1S/C13H22BrNO3S/c14-10-13(5-4-6-13)11-19(17,18)9-12(16)15-7-2-1-3-8-15/h1-11H2. The predicted molar refractivity (Wildman–Crippen MR) is 79.2 cm³/mol. The van der Waals surface area contributed by atoms with Gasteiger partial charge in [-0.25, -0.2) is 8.42 Å². The second kappa shape index (κ2) is 6.12. The minimum absolute atomic E-state index is 0.110. The molecule has 2 rings (SSSR count). The number of carbonyl (C=O) groups is 1. The first-order valence-electron chi connectivity index (χ1n) is 7.01. The number of nitrogens with zero attached hydrogens (tertiary/aromatic N) is 1. The van der Waals surface area contributed by atoms with Crippen LogP contribution in [0.5, 0.6) is 0 Å². The number of carbonyl (C=O) groups excluding carboxylic acids is 1. The van der Waals surface area contributed by atoms with Crippen LogP contribution >= 0.6 is 15.9 Å². The van der Waals surface area contributed by atoms with E-state index in [1.807, 2.05) is 0 Å². The fourth-order valence-electron chi connectivity index (χ4n) is 2.93. The number of amides is 1. The molecule has 0 N–H and O–H groups in total. The highest BCUT2D eigenvalue weighted by Gasteiger charge is 2.40. The van der Waals surface area contributed by atoms with E-state index >= 15 is 0 Å². The summed E-state index contributed by atoms with van der Waals surface area (Å²) >= 11 is 3.42. The maximum atomic E-state index is 12.2. The third kappa shape index (κ3) is 3.94. The van der Waals surface area contributed by atoms with Crippen LogP contribution in [0.2, 0.25) is 0 Å². The first-order valence-corrected chi connectivity index (χ1v) is 9.95. The van der Waals surface area contributed by atoms with E-state index in [1.54, 1.807) is 4.90 Å². The molecule has 0 radical (unpaired) electrons. The normalized spacial score (nSPS) is 22.9. The molecule has 110 valence electrons. The molecule has 0 aromatic carbocycles. The summed E-state index contributed by atoms with van der Waals surface area (Å²) in [5, 5.41) is 0.719. The number of sulfone groups is 1. The lowest BCUT2D eigenvalue weighted by atomic mass is 9.72. The third-order valence-electron chi connectivity index (χ3n) is 4.28. The van der Waals surface area contributed by atoms with Crippen molar-refractivity contribution in [2.24, 2.45) is 5.41 Å². The van der Waals surface area contributed by atoms with Crippen LogP contribution in [-0.4, -0.2) is 49.2 Å². The zero-order valence-electron chi connectivity index (χ0n) is 11.2. The van der Waals surface area contributed by atoms with Crippen LogP contribution in [0, 0.1) is 5.41 Å². The van der Waals surface area contributed by atoms with E-state index in [0.29, 0.717) is 0 Å². The Kier molecular flexibility index (Phi) is 4.93. The molecule has 0 spiro atoms. The Balaban J connectivity index is 1.91. The Bertz CT molecular complexity index is 420. The van der Waals surface area contributed by atoms with E-state index in [1.165, 1.54) is 0 Å². The van der Waals surface area contributed by atoms with Gasteiger partial charge in [0.2, 0.25) is 5.91 Å². The van der Waals surface area contributed by atoms with Gasteiger partial charge in [0.1, 0.15) is 5.75 Å². The number of hydrogen-bond acceptors (Lipinski definition) is 3. The van der Waals surface area contributed by atoms with Gasteiger partial charge >= 0.3 is 0 Å². The van der Waals surface area contributed by atoms with Gasteiger partial charge in [0.05, 0.1) is 5.75 Å². The monoisotopic (exact) mass is 351 g/mol. The van der Waals surface area contributed by atoms with Gasteiger partial charge in [0, 0.05) is 18.4 Å². The van der Waals surface area contributed by atoms with E-state index in [2.05, 4.69) is 15.9 Å². The van der Waals surface area contributed by atoms with Gasteiger partial charge in [0.15, 0.2) is 9.84 Å². The zero-order chi connectivity index (χ0) is 13.9. The molecule has 0 aromatic heterocycles. The van der Waals surface area contributed by atoms with E-state index in [0.717, 1.165) is 56.9 Å². The molecule has 2 fully saturated rings. The van der Waals surface area contributed by atoms with Crippen LogP contribution in [0.4, 0.5) is 0 Å². The highest BCUT2D eigenvalue weighted by molar-refractivity contribution is 9.09. The van der Waals surface area contributed by atoms with Gasteiger partial charge in [-0.1, -0.05) is 22.4 Å². The smallest absolute Gasteiger partial charge is 0.237 e. The number of rotatable bonds is 5. The average molecular weight is 352 g/mol. The summed E-state index contributed by atoms with van der Waals surface area (Å²) < 4.78 is 24.4. The van der Waals surface area contributed by atoms with E-state index in [4.69, 9.17) is 0 Å². The molecule has 1 aliphatic heterocycles. The Labute approximate surface area is 124 Å². The summed E-state index contributed by atoms with van der Waals surface area (Å²) in [7, 11) is -3.28. The second-order valence-electron chi connectivity index (χ2n) is 5.96. The van der Waals surface area contributed by atoms with Crippen LogP contribution in [0.25, 0.3) is 0 Å². The van der Waals surface area contributed by atoms with Crippen molar-refractivity contribution >= 4 is 31.7 Å². The van der Waals surface area contributed by atoms with Crippen molar-refractivity contribution in [2.45, 2.75) is 38.5 Å². The molecule has 0 unspecified atom stereocenters. The predicted octanol–water partition coefficient (Wildman–Crippen LogP) is 1.98. The first-order chi connectivity index (χ1) is 8.96. The molecule has 0 atom stereocenters. The van der Waals surface area contributed by atoms with Crippen molar-refractivity contribution in [1.82, 2.24) is 4.90 Å². The van der Waals surface area contributed by atoms with E-state index in [-0.39, 0.29) is 22.8 Å². The van der Waals surface area contributed by atoms with Gasteiger partial charge in [-0.3, -0.25) is 4.79 Å². The van der Waals surface area contributed by atoms with Crippen LogP contribution in [-0.2, 0) is 14.6 Å². The molecule has 1 amide bonds. The molecule has 0 aromatic rings. The van der Waals surface area contributed by atoms with E-state index in [9.17, 15) is 13.2 Å². The van der Waals surface area contributed by atoms with Crippen LogP contribution in [0.15, 0.2) is 0 Å². The number of likely N-dealkylation sites (tertiary alicyclic amines) is 1. The second-order valence-corrected chi connectivity index (χ2v) is 8.59. The largest absolute Gasteiger partial charge is 0.342 e. The van der Waals surface area contributed by atoms with Crippen LogP contribution in [0.3, 0.4) is 0 Å². The fourth-order valence-corrected chi connectivity index (χ4v) is 5.94. The molecule has 6 heteroatoms. The number of alkyl halides is 1. The Morgan fingerprint density at radius 2 is 1.74 bits per heavy atom. The highest BCUT2D eigenvalue weighted by atomic mass is 79.9. The summed E-state index contributed by atoms with van der Waals surface area (Å²) in [6.45, 7) is 1.44. The van der Waals surface area contributed by atoms with Gasteiger partial charge in [-0.15, -0.1) is 0 Å². The topological polar surface area (TPSA) is 54.5 Å². The molecule has 4 nitrogen and oxygen atoms in total. The lowest BCUT2D eigenvalue weighted by Crippen LogP contribution is -2.43. The number of hydrogen-bond donors (Lipinski definition) is 0. The van der Waals surface area contributed by atoms with Crippen molar-refractivity contribution in [3.8, 4) is 0 Å². The lowest BCUT2D eigenvalue weighted by molar-refractivity contribution is -0.129. The Morgan fingerprint density at radius 1 is 1.11 bits per heavy atom. The first kappa shape index (κ1) is 15.3. The molecule has 19 heavy (non-hydrogen) atoms.